The molecule has 0 unspecified atom stereocenters. The molecule has 0 aliphatic heterocycles. The number of furan rings is 1. The summed E-state index contributed by atoms with van der Waals surface area (Å²) in [5.74, 6) is -0.314. The smallest absolute Gasteiger partial charge is 0.248 e. The van der Waals surface area contributed by atoms with Crippen LogP contribution in [0.25, 0.3) is 27.7 Å². The second-order valence-corrected chi connectivity index (χ2v) is 7.92. The summed E-state index contributed by atoms with van der Waals surface area (Å²) >= 11 is 5.79. The van der Waals surface area contributed by atoms with Gasteiger partial charge < -0.3 is 14.5 Å². The van der Waals surface area contributed by atoms with Gasteiger partial charge in [0.15, 0.2) is 0 Å². The third kappa shape index (κ3) is 4.39. The maximum Gasteiger partial charge on any atom is 0.248 e. The molecule has 0 aliphatic rings. The number of halogens is 2. The first-order valence-corrected chi connectivity index (χ1v) is 10.3. The molecule has 1 aromatic heterocycles. The van der Waals surface area contributed by atoms with Gasteiger partial charge in [0.25, 0.3) is 0 Å². The molecular formula is C26H21ClFNO3. The van der Waals surface area contributed by atoms with Crippen molar-refractivity contribution in [1.29, 1.82) is 0 Å². The van der Waals surface area contributed by atoms with E-state index < -0.39 is 5.82 Å². The Labute approximate surface area is 190 Å². The molecule has 0 aliphatic carbocycles. The van der Waals surface area contributed by atoms with E-state index in [2.05, 4.69) is 17.4 Å². The summed E-state index contributed by atoms with van der Waals surface area (Å²) in [6.45, 7) is 3.87. The number of hydrogen-bond acceptors (Lipinski definition) is 3. The molecule has 1 heterocycles. The van der Waals surface area contributed by atoms with E-state index in [0.29, 0.717) is 22.6 Å². The number of fused-ring (bicyclic) bond motifs is 1. The van der Waals surface area contributed by atoms with E-state index in [4.69, 9.17) is 20.8 Å². The zero-order chi connectivity index (χ0) is 22.8. The molecule has 0 fully saturated rings. The SMILES string of the molecule is COc1cc2occ(-c3ccc(C)cc3)c2cc1/C(C)=C/C(=O)Nc1ccc(F)c(Cl)c1. The van der Waals surface area contributed by atoms with Crippen LogP contribution in [0, 0.1) is 12.7 Å². The third-order valence-electron chi connectivity index (χ3n) is 5.22. The lowest BCUT2D eigenvalue weighted by atomic mass is 9.99. The normalized spacial score (nSPS) is 11.6. The van der Waals surface area contributed by atoms with Crippen LogP contribution in [0.5, 0.6) is 5.75 Å². The number of amides is 1. The largest absolute Gasteiger partial charge is 0.496 e. The Kier molecular flexibility index (Phi) is 6.01. The number of methoxy groups -OCH3 is 1. The highest BCUT2D eigenvalue weighted by Gasteiger charge is 2.15. The fourth-order valence-corrected chi connectivity index (χ4v) is 3.70. The maximum atomic E-state index is 13.3. The summed E-state index contributed by atoms with van der Waals surface area (Å²) in [4.78, 5) is 12.5. The molecule has 4 aromatic rings. The number of allylic oxidation sites excluding steroid dienone is 1. The molecule has 0 saturated heterocycles. The molecule has 0 atom stereocenters. The minimum Gasteiger partial charge on any atom is -0.496 e. The van der Waals surface area contributed by atoms with Crippen molar-refractivity contribution in [2.45, 2.75) is 13.8 Å². The Morgan fingerprint density at radius 1 is 1.12 bits per heavy atom. The minimum atomic E-state index is -0.543. The van der Waals surface area contributed by atoms with E-state index in [9.17, 15) is 9.18 Å². The summed E-state index contributed by atoms with van der Waals surface area (Å²) in [5, 5.41) is 3.56. The van der Waals surface area contributed by atoms with Crippen molar-refractivity contribution in [3.05, 3.63) is 88.9 Å². The molecular weight excluding hydrogens is 429 g/mol. The summed E-state index contributed by atoms with van der Waals surface area (Å²) in [6, 6.07) is 16.0. The number of aryl methyl sites for hydroxylation is 1. The molecule has 0 spiro atoms. The molecule has 6 heteroatoms. The number of benzene rings is 3. The van der Waals surface area contributed by atoms with Crippen molar-refractivity contribution in [3.63, 3.8) is 0 Å². The average Bonchev–Trinajstić information content (AvgIpc) is 3.18. The van der Waals surface area contributed by atoms with Crippen molar-refractivity contribution in [2.24, 2.45) is 0 Å². The van der Waals surface area contributed by atoms with Crippen LogP contribution in [0.4, 0.5) is 10.1 Å². The van der Waals surface area contributed by atoms with Crippen LogP contribution in [0.3, 0.4) is 0 Å². The number of rotatable bonds is 5. The zero-order valence-electron chi connectivity index (χ0n) is 17.8. The summed E-state index contributed by atoms with van der Waals surface area (Å²) in [5.41, 5.74) is 5.74. The van der Waals surface area contributed by atoms with E-state index in [1.807, 2.05) is 38.1 Å². The van der Waals surface area contributed by atoms with Crippen molar-refractivity contribution in [3.8, 4) is 16.9 Å². The first-order valence-electron chi connectivity index (χ1n) is 9.96. The maximum absolute atomic E-state index is 13.3. The lowest BCUT2D eigenvalue weighted by molar-refractivity contribution is -0.111. The van der Waals surface area contributed by atoms with Crippen molar-refractivity contribution < 1.29 is 18.3 Å². The lowest BCUT2D eigenvalue weighted by Gasteiger charge is -2.10. The Morgan fingerprint density at radius 3 is 2.56 bits per heavy atom. The van der Waals surface area contributed by atoms with Crippen molar-refractivity contribution >= 4 is 39.7 Å². The number of carbonyl (C=O) groups excluding carboxylic acids is 1. The number of anilines is 1. The summed E-state index contributed by atoms with van der Waals surface area (Å²) in [7, 11) is 1.57. The topological polar surface area (TPSA) is 51.5 Å². The van der Waals surface area contributed by atoms with Crippen LogP contribution >= 0.6 is 11.6 Å². The van der Waals surface area contributed by atoms with Crippen molar-refractivity contribution in [1.82, 2.24) is 0 Å². The van der Waals surface area contributed by atoms with Crippen LogP contribution in [-0.2, 0) is 4.79 Å². The highest BCUT2D eigenvalue weighted by molar-refractivity contribution is 6.31. The average molecular weight is 450 g/mol. The molecule has 4 nitrogen and oxygen atoms in total. The molecule has 32 heavy (non-hydrogen) atoms. The van der Waals surface area contributed by atoms with Gasteiger partial charge in [-0.2, -0.15) is 0 Å². The van der Waals surface area contributed by atoms with E-state index in [-0.39, 0.29) is 10.9 Å². The first kappa shape index (κ1) is 21.7. The van der Waals surface area contributed by atoms with Crippen molar-refractivity contribution in [2.75, 3.05) is 12.4 Å². The molecule has 3 aromatic carbocycles. The highest BCUT2D eigenvalue weighted by atomic mass is 35.5. The molecule has 0 saturated carbocycles. The van der Waals surface area contributed by atoms with Gasteiger partial charge in [-0.15, -0.1) is 0 Å². The van der Waals surface area contributed by atoms with Crippen LogP contribution in [0.1, 0.15) is 18.1 Å². The van der Waals surface area contributed by atoms with Gasteiger partial charge in [-0.1, -0.05) is 41.4 Å². The van der Waals surface area contributed by atoms with Crippen LogP contribution in [-0.4, -0.2) is 13.0 Å². The molecule has 1 amide bonds. The monoisotopic (exact) mass is 449 g/mol. The van der Waals surface area contributed by atoms with Gasteiger partial charge >= 0.3 is 0 Å². The number of hydrogen-bond donors (Lipinski definition) is 1. The highest BCUT2D eigenvalue weighted by Crippen LogP contribution is 2.37. The van der Waals surface area contributed by atoms with Crippen LogP contribution < -0.4 is 10.1 Å². The molecule has 162 valence electrons. The Bertz CT molecular complexity index is 1340. The zero-order valence-corrected chi connectivity index (χ0v) is 18.6. The minimum absolute atomic E-state index is 0.0563. The number of ether oxygens (including phenoxy) is 1. The van der Waals surface area contributed by atoms with E-state index in [0.717, 1.165) is 22.1 Å². The van der Waals surface area contributed by atoms with E-state index in [1.165, 1.54) is 29.8 Å². The summed E-state index contributed by atoms with van der Waals surface area (Å²) in [6.07, 6.45) is 3.19. The predicted octanol–water partition coefficient (Wildman–Crippen LogP) is 7.25. The van der Waals surface area contributed by atoms with Crippen LogP contribution in [0.15, 0.2) is 71.4 Å². The quantitative estimate of drug-likeness (QED) is 0.326. The third-order valence-corrected chi connectivity index (χ3v) is 5.51. The van der Waals surface area contributed by atoms with Gasteiger partial charge in [0, 0.05) is 34.3 Å². The second-order valence-electron chi connectivity index (χ2n) is 7.51. The van der Waals surface area contributed by atoms with Gasteiger partial charge in [-0.05, 0) is 49.2 Å². The fourth-order valence-electron chi connectivity index (χ4n) is 3.52. The van der Waals surface area contributed by atoms with Gasteiger partial charge in [-0.3, -0.25) is 4.79 Å². The first-order chi connectivity index (χ1) is 15.4. The Hall–Kier alpha value is -3.57. The lowest BCUT2D eigenvalue weighted by Crippen LogP contribution is -2.08. The predicted molar refractivity (Wildman–Crippen MR) is 127 cm³/mol. The van der Waals surface area contributed by atoms with E-state index >= 15 is 0 Å². The van der Waals surface area contributed by atoms with Gasteiger partial charge in [0.2, 0.25) is 5.91 Å². The molecule has 4 rings (SSSR count). The number of carbonyl (C=O) groups is 1. The van der Waals surface area contributed by atoms with Gasteiger partial charge in [0.1, 0.15) is 17.1 Å². The molecule has 1 N–H and O–H groups in total. The van der Waals surface area contributed by atoms with Gasteiger partial charge in [0.05, 0.1) is 18.4 Å². The molecule has 0 bridgehead atoms. The Morgan fingerprint density at radius 2 is 1.88 bits per heavy atom. The fraction of sp³-hybridized carbons (Fsp3) is 0.115. The number of nitrogens with one attached hydrogen (secondary N) is 1. The standard InChI is InChI=1S/C26H21ClFNO3/c1-15-4-6-17(7-5-15)21-14-32-25-13-24(31-3)19(12-20(21)25)16(2)10-26(30)29-18-8-9-23(28)22(27)11-18/h4-14H,1-3H3,(H,29,30)/b16-10+. The van der Waals surface area contributed by atoms with Gasteiger partial charge in [-0.25, -0.2) is 4.39 Å². The molecule has 0 radical (unpaired) electrons. The van der Waals surface area contributed by atoms with E-state index in [1.54, 1.807) is 13.4 Å². The van der Waals surface area contributed by atoms with Crippen LogP contribution in [0.2, 0.25) is 5.02 Å². The Balaban J connectivity index is 1.69. The summed E-state index contributed by atoms with van der Waals surface area (Å²) < 4.78 is 24.7. The second kappa shape index (κ2) is 8.89.